The minimum atomic E-state index is -4.52. The number of amides is 1. The molecule has 2 aromatic rings. The Balaban J connectivity index is 1.55. The first-order valence-electron chi connectivity index (χ1n) is 10.2. The maximum atomic E-state index is 12.8. The number of hydrogen-bond donors (Lipinski definition) is 1. The topological polar surface area (TPSA) is 69.7 Å². The Bertz CT molecular complexity index is 1030. The zero-order valence-electron chi connectivity index (χ0n) is 17.9. The summed E-state index contributed by atoms with van der Waals surface area (Å²) in [4.78, 5) is 14.2. The van der Waals surface area contributed by atoms with Gasteiger partial charge in [-0.05, 0) is 43.7 Å². The van der Waals surface area contributed by atoms with Crippen molar-refractivity contribution in [2.45, 2.75) is 37.5 Å². The highest BCUT2D eigenvalue weighted by atomic mass is 32.2. The summed E-state index contributed by atoms with van der Waals surface area (Å²) in [5.41, 5.74) is 1.23. The molecule has 1 fully saturated rings. The monoisotopic (exact) mass is 469 g/mol. The van der Waals surface area contributed by atoms with Crippen LogP contribution in [-0.4, -0.2) is 55.8 Å². The second-order valence-electron chi connectivity index (χ2n) is 7.84. The van der Waals surface area contributed by atoms with E-state index in [0.717, 1.165) is 35.4 Å². The number of rotatable bonds is 6. The van der Waals surface area contributed by atoms with E-state index in [9.17, 15) is 26.4 Å². The number of alkyl halides is 3. The minimum Gasteiger partial charge on any atom is -0.351 e. The van der Waals surface area contributed by atoms with Crippen LogP contribution in [-0.2, 0) is 27.5 Å². The highest BCUT2D eigenvalue weighted by Crippen LogP contribution is 2.30. The molecule has 6 nitrogen and oxygen atoms in total. The number of halogens is 3. The average Bonchev–Trinajstić information content (AvgIpc) is 2.77. The van der Waals surface area contributed by atoms with Crippen LogP contribution in [0.2, 0.25) is 0 Å². The van der Waals surface area contributed by atoms with Gasteiger partial charge in [0.25, 0.3) is 0 Å². The minimum absolute atomic E-state index is 0.148. The molecule has 0 aliphatic carbocycles. The molecule has 0 aromatic heterocycles. The van der Waals surface area contributed by atoms with Crippen molar-refractivity contribution in [1.82, 2.24) is 14.5 Å². The Morgan fingerprint density at radius 1 is 1.00 bits per heavy atom. The predicted octanol–water partition coefficient (Wildman–Crippen LogP) is 3.03. The highest BCUT2D eigenvalue weighted by Gasteiger charge is 2.34. The van der Waals surface area contributed by atoms with E-state index in [-0.39, 0.29) is 23.9 Å². The van der Waals surface area contributed by atoms with Crippen molar-refractivity contribution in [3.63, 3.8) is 0 Å². The maximum Gasteiger partial charge on any atom is 0.416 e. The van der Waals surface area contributed by atoms with Crippen LogP contribution >= 0.6 is 0 Å². The third kappa shape index (κ3) is 5.67. The molecular formula is C22H26F3N3O3S. The maximum absolute atomic E-state index is 12.8. The SMILES string of the molecule is Cc1ccc(CNC(=O)C(C)N2CCN(S(=O)(=O)c3ccc(C(F)(F)F)cc3)CC2)cc1. The third-order valence-electron chi connectivity index (χ3n) is 5.61. The summed E-state index contributed by atoms with van der Waals surface area (Å²) in [6.07, 6.45) is -4.52. The molecule has 0 bridgehead atoms. The molecule has 3 rings (SSSR count). The van der Waals surface area contributed by atoms with E-state index < -0.39 is 27.8 Å². The molecule has 0 saturated carbocycles. The van der Waals surface area contributed by atoms with Gasteiger partial charge in [0, 0.05) is 32.7 Å². The predicted molar refractivity (Wildman–Crippen MR) is 114 cm³/mol. The number of aryl methyl sites for hydroxylation is 1. The van der Waals surface area contributed by atoms with Crippen LogP contribution in [0.1, 0.15) is 23.6 Å². The first kappa shape index (κ1) is 24.2. The first-order valence-corrected chi connectivity index (χ1v) is 11.7. The van der Waals surface area contributed by atoms with Gasteiger partial charge in [0.1, 0.15) is 0 Å². The lowest BCUT2D eigenvalue weighted by atomic mass is 10.1. The fourth-order valence-electron chi connectivity index (χ4n) is 3.50. The second-order valence-corrected chi connectivity index (χ2v) is 9.78. The van der Waals surface area contributed by atoms with E-state index in [1.165, 1.54) is 4.31 Å². The van der Waals surface area contributed by atoms with Gasteiger partial charge in [-0.2, -0.15) is 17.5 Å². The van der Waals surface area contributed by atoms with Gasteiger partial charge in [-0.25, -0.2) is 8.42 Å². The second kappa shape index (κ2) is 9.60. The Kier molecular flexibility index (Phi) is 7.26. The average molecular weight is 470 g/mol. The molecule has 32 heavy (non-hydrogen) atoms. The van der Waals surface area contributed by atoms with Gasteiger partial charge in [-0.1, -0.05) is 29.8 Å². The van der Waals surface area contributed by atoms with Gasteiger partial charge >= 0.3 is 6.18 Å². The summed E-state index contributed by atoms with van der Waals surface area (Å²) in [5.74, 6) is -0.148. The zero-order chi connectivity index (χ0) is 23.5. The van der Waals surface area contributed by atoms with Crippen molar-refractivity contribution in [3.8, 4) is 0 Å². The quantitative estimate of drug-likeness (QED) is 0.706. The smallest absolute Gasteiger partial charge is 0.351 e. The third-order valence-corrected chi connectivity index (χ3v) is 7.52. The van der Waals surface area contributed by atoms with Crippen molar-refractivity contribution in [2.24, 2.45) is 0 Å². The van der Waals surface area contributed by atoms with Crippen molar-refractivity contribution < 1.29 is 26.4 Å². The van der Waals surface area contributed by atoms with E-state index >= 15 is 0 Å². The van der Waals surface area contributed by atoms with Crippen molar-refractivity contribution >= 4 is 15.9 Å². The van der Waals surface area contributed by atoms with Crippen LogP contribution < -0.4 is 5.32 Å². The van der Waals surface area contributed by atoms with E-state index in [0.29, 0.717) is 19.6 Å². The molecule has 174 valence electrons. The number of nitrogens with one attached hydrogen (secondary N) is 1. The van der Waals surface area contributed by atoms with Gasteiger partial charge in [-0.3, -0.25) is 9.69 Å². The van der Waals surface area contributed by atoms with Gasteiger partial charge in [-0.15, -0.1) is 0 Å². The molecule has 1 N–H and O–H groups in total. The van der Waals surface area contributed by atoms with Crippen LogP contribution in [0.5, 0.6) is 0 Å². The molecule has 1 heterocycles. The van der Waals surface area contributed by atoms with E-state index in [4.69, 9.17) is 0 Å². The lowest BCUT2D eigenvalue weighted by Gasteiger charge is -2.36. The van der Waals surface area contributed by atoms with E-state index in [1.54, 1.807) is 6.92 Å². The molecule has 1 saturated heterocycles. The number of piperazine rings is 1. The standard InChI is InChI=1S/C22H26F3N3O3S/c1-16-3-5-18(6-4-16)15-26-21(29)17(2)27-11-13-28(14-12-27)32(30,31)20-9-7-19(8-10-20)22(23,24)25/h3-10,17H,11-15H2,1-2H3,(H,26,29). The number of benzene rings is 2. The molecule has 0 radical (unpaired) electrons. The van der Waals surface area contributed by atoms with Gasteiger partial charge in [0.2, 0.25) is 15.9 Å². The molecule has 1 aliphatic heterocycles. The summed E-state index contributed by atoms with van der Waals surface area (Å²) in [6.45, 7) is 5.16. The number of nitrogens with zero attached hydrogens (tertiary/aromatic N) is 2. The van der Waals surface area contributed by atoms with Crippen LogP contribution in [0, 0.1) is 6.92 Å². The molecule has 1 amide bonds. The number of carbonyl (C=O) groups excluding carboxylic acids is 1. The molecule has 1 aliphatic rings. The van der Waals surface area contributed by atoms with Crippen LogP contribution in [0.25, 0.3) is 0 Å². The van der Waals surface area contributed by atoms with Crippen molar-refractivity contribution in [1.29, 1.82) is 0 Å². The Hall–Kier alpha value is -2.43. The summed E-state index contributed by atoms with van der Waals surface area (Å²) >= 11 is 0. The van der Waals surface area contributed by atoms with Crippen LogP contribution in [0.4, 0.5) is 13.2 Å². The molecule has 1 unspecified atom stereocenters. The zero-order valence-corrected chi connectivity index (χ0v) is 18.7. The lowest BCUT2D eigenvalue weighted by Crippen LogP contribution is -2.54. The normalized spacial score (nSPS) is 17.2. The Morgan fingerprint density at radius 3 is 2.09 bits per heavy atom. The number of sulfonamides is 1. The number of carbonyl (C=O) groups is 1. The summed E-state index contributed by atoms with van der Waals surface area (Å²) < 4.78 is 65.0. The summed E-state index contributed by atoms with van der Waals surface area (Å²) in [5, 5.41) is 2.90. The molecule has 10 heteroatoms. The molecule has 2 aromatic carbocycles. The summed E-state index contributed by atoms with van der Waals surface area (Å²) in [7, 11) is -3.90. The first-order chi connectivity index (χ1) is 15.0. The summed E-state index contributed by atoms with van der Waals surface area (Å²) in [6, 6.07) is 10.9. The largest absolute Gasteiger partial charge is 0.416 e. The molecule has 0 spiro atoms. The van der Waals surface area contributed by atoms with Crippen molar-refractivity contribution in [3.05, 3.63) is 65.2 Å². The fourth-order valence-corrected chi connectivity index (χ4v) is 4.93. The van der Waals surface area contributed by atoms with E-state index in [2.05, 4.69) is 5.32 Å². The number of hydrogen-bond acceptors (Lipinski definition) is 4. The Morgan fingerprint density at radius 2 is 1.56 bits per heavy atom. The highest BCUT2D eigenvalue weighted by molar-refractivity contribution is 7.89. The van der Waals surface area contributed by atoms with Gasteiger partial charge < -0.3 is 5.32 Å². The fraction of sp³-hybridized carbons (Fsp3) is 0.409. The molecule has 1 atom stereocenters. The van der Waals surface area contributed by atoms with Gasteiger partial charge in [0.15, 0.2) is 0 Å². The van der Waals surface area contributed by atoms with Crippen LogP contribution in [0.3, 0.4) is 0 Å². The van der Waals surface area contributed by atoms with E-state index in [1.807, 2.05) is 36.1 Å². The lowest BCUT2D eigenvalue weighted by molar-refractivity contribution is -0.137. The Labute approximate surface area is 186 Å². The van der Waals surface area contributed by atoms with Gasteiger partial charge in [0.05, 0.1) is 16.5 Å². The van der Waals surface area contributed by atoms with Crippen molar-refractivity contribution in [2.75, 3.05) is 26.2 Å². The molecular weight excluding hydrogens is 443 g/mol. The van der Waals surface area contributed by atoms with Crippen LogP contribution in [0.15, 0.2) is 53.4 Å².